The van der Waals surface area contributed by atoms with E-state index in [1.807, 2.05) is 0 Å². The third-order valence-electron chi connectivity index (χ3n) is 0. The number of hydrogen-bond acceptors (Lipinski definition) is 0. The first-order valence-electron chi connectivity index (χ1n) is 0.975. The molecule has 37 valence electrons. The molecule has 0 aliphatic heterocycles. The zero-order valence-corrected chi connectivity index (χ0v) is 8.33. The van der Waals surface area contributed by atoms with Crippen molar-refractivity contribution in [3.63, 3.8) is 0 Å². The molecule has 0 aromatic heterocycles. The van der Waals surface area contributed by atoms with Gasteiger partial charge < -0.3 is 6.58 Å². The molecular formula is C2H3CeCl3-. The monoisotopic (exact) mass is 272 g/mol. The quantitative estimate of drug-likeness (QED) is 0.595. The van der Waals surface area contributed by atoms with Gasteiger partial charge in [0.15, 0.2) is 0 Å². The van der Waals surface area contributed by atoms with Gasteiger partial charge in [-0.3, -0.25) is 6.58 Å². The normalized spacial score (nSPS) is 5.17. The zero-order valence-electron chi connectivity index (χ0n) is 2.92. The van der Waals surface area contributed by atoms with Gasteiger partial charge in [-0.05, 0) is 0 Å². The molecule has 0 aromatic rings. The van der Waals surface area contributed by atoms with E-state index >= 15 is 0 Å². The number of rotatable bonds is 0. The summed E-state index contributed by atoms with van der Waals surface area (Å²) in [6.07, 6.45) is 0. The molecule has 6 heavy (non-hydrogen) atoms. The molecule has 4 heteroatoms. The van der Waals surface area contributed by atoms with Crippen molar-refractivity contribution >= 4 is 16.9 Å². The van der Waals surface area contributed by atoms with Gasteiger partial charge in [0.05, 0.1) is 0 Å². The molecule has 0 unspecified atom stereocenters. The molecule has 0 saturated heterocycles. The Bertz CT molecular complexity index is 20.0. The fraction of sp³-hybridized carbons (Fsp3) is 0. The van der Waals surface area contributed by atoms with E-state index in [1.165, 1.54) is 0 Å². The van der Waals surface area contributed by atoms with Crippen molar-refractivity contribution in [2.45, 2.75) is 0 Å². The van der Waals surface area contributed by atoms with Gasteiger partial charge in [0, 0.05) is 0 Å². The van der Waals surface area contributed by atoms with E-state index in [0.29, 0.717) is 0 Å². The molecule has 0 spiro atoms. The van der Waals surface area contributed by atoms with Crippen molar-refractivity contribution < 1.29 is 30.7 Å². The predicted molar refractivity (Wildman–Crippen MR) is 27.5 cm³/mol. The Hall–Kier alpha value is 1.99. The summed E-state index contributed by atoms with van der Waals surface area (Å²) in [6.45, 7) is 7.00. The molecule has 0 atom stereocenters. The average molecular weight is 274 g/mol. The topological polar surface area (TPSA) is 0 Å². The molecule has 0 aliphatic rings. The van der Waals surface area contributed by atoms with Crippen LogP contribution < -0.4 is 0 Å². The van der Waals surface area contributed by atoms with Crippen molar-refractivity contribution in [2.75, 3.05) is 0 Å². The summed E-state index contributed by atoms with van der Waals surface area (Å²) in [7, 11) is 0. The van der Waals surface area contributed by atoms with E-state index in [2.05, 4.69) is 13.2 Å². The first-order valence-corrected chi connectivity index (χ1v) is 12.8. The molecule has 0 N–H and O–H groups in total. The van der Waals surface area contributed by atoms with Crippen LogP contribution in [0.15, 0.2) is 6.58 Å². The van der Waals surface area contributed by atoms with Crippen LogP contribution in [-0.2, 0) is 0 Å². The summed E-state index contributed by atoms with van der Waals surface area (Å²) < 4.78 is 0. The van der Waals surface area contributed by atoms with Crippen molar-refractivity contribution in [1.29, 1.82) is 0 Å². The van der Waals surface area contributed by atoms with E-state index in [1.54, 1.807) is 0 Å². The van der Waals surface area contributed by atoms with Crippen molar-refractivity contribution in [3.8, 4) is 0 Å². The minimum atomic E-state index is -2.24. The van der Waals surface area contributed by atoms with E-state index in [4.69, 9.17) is 16.9 Å². The molecule has 0 saturated carbocycles. The fourth-order valence-electron chi connectivity index (χ4n) is 0. The minimum absolute atomic E-state index is 2.24. The Kier molecular flexibility index (Phi) is 18.3. The van der Waals surface area contributed by atoms with Crippen LogP contribution in [0.5, 0.6) is 0 Å². The van der Waals surface area contributed by atoms with E-state index in [-0.39, 0.29) is 0 Å². The van der Waals surface area contributed by atoms with Gasteiger partial charge in [-0.15, -0.1) is 0 Å². The third-order valence-corrected chi connectivity index (χ3v) is 0. The molecule has 0 radical (unpaired) electrons. The number of hydrogen-bond donors (Lipinski definition) is 0. The summed E-state index contributed by atoms with van der Waals surface area (Å²) >= 11 is -2.24. The number of halogens is 3. The maximum absolute atomic E-state index is 5.02. The van der Waals surface area contributed by atoms with Crippen LogP contribution in [0.2, 0.25) is 0 Å². The molecular weight excluding hydrogens is 270 g/mol. The van der Waals surface area contributed by atoms with Crippen LogP contribution in [0.25, 0.3) is 0 Å². The second kappa shape index (κ2) is 10.1. The molecule has 0 amide bonds. The fourth-order valence-corrected chi connectivity index (χ4v) is 0. The standard InChI is InChI=1S/C2H3.Ce.3ClH/c1-2;;;;/h1H,2H2;;3*1H/q-1;+3;;;/p-3. The molecule has 0 fully saturated rings. The summed E-state index contributed by atoms with van der Waals surface area (Å²) in [5.74, 6) is 0. The van der Waals surface area contributed by atoms with Gasteiger partial charge >= 0.3 is 47.6 Å². The zero-order chi connectivity index (χ0) is 5.58. The molecule has 0 bridgehead atoms. The van der Waals surface area contributed by atoms with E-state index < -0.39 is 30.7 Å². The Morgan fingerprint density at radius 2 is 1.17 bits per heavy atom. The third kappa shape index (κ3) is 37.7. The molecule has 0 nitrogen and oxygen atoms in total. The van der Waals surface area contributed by atoms with E-state index in [9.17, 15) is 0 Å². The average Bonchev–Trinajstić information content (AvgIpc) is 1.41. The summed E-state index contributed by atoms with van der Waals surface area (Å²) in [4.78, 5) is 0. The molecule has 0 heterocycles. The second-order valence-corrected chi connectivity index (χ2v) is 14.0. The van der Waals surface area contributed by atoms with Crippen LogP contribution in [-0.4, -0.2) is 0 Å². The second-order valence-electron chi connectivity index (χ2n) is 0.214. The molecule has 0 aromatic carbocycles. The van der Waals surface area contributed by atoms with Gasteiger partial charge in [-0.25, -0.2) is 0 Å². The Morgan fingerprint density at radius 3 is 1.17 bits per heavy atom. The Morgan fingerprint density at radius 1 is 1.17 bits per heavy atom. The first kappa shape index (κ1) is 10.9. The van der Waals surface area contributed by atoms with Crippen LogP contribution in [0.4, 0.5) is 0 Å². The van der Waals surface area contributed by atoms with Crippen LogP contribution >= 0.6 is 16.9 Å². The van der Waals surface area contributed by atoms with E-state index in [0.717, 1.165) is 0 Å². The van der Waals surface area contributed by atoms with Crippen LogP contribution in [0.1, 0.15) is 0 Å². The van der Waals surface area contributed by atoms with Gasteiger partial charge in [-0.1, -0.05) is 0 Å². The van der Waals surface area contributed by atoms with Gasteiger partial charge in [0.2, 0.25) is 0 Å². The molecule has 0 rings (SSSR count). The van der Waals surface area contributed by atoms with Crippen molar-refractivity contribution in [3.05, 3.63) is 13.2 Å². The summed E-state index contributed by atoms with van der Waals surface area (Å²) in [5.41, 5.74) is 15.1. The van der Waals surface area contributed by atoms with Crippen LogP contribution in [0, 0.1) is 37.2 Å². The van der Waals surface area contributed by atoms with Gasteiger partial charge in [-0.2, -0.15) is 0 Å². The maximum atomic E-state index is 5.02. The predicted octanol–water partition coefficient (Wildman–Crippen LogP) is 2.67. The Balaban J connectivity index is 0. The first-order chi connectivity index (χ1) is 2.73. The Labute approximate surface area is 59.3 Å². The van der Waals surface area contributed by atoms with Gasteiger partial charge in [0.1, 0.15) is 0 Å². The van der Waals surface area contributed by atoms with Gasteiger partial charge in [0.25, 0.3) is 0 Å². The molecule has 0 aliphatic carbocycles. The van der Waals surface area contributed by atoms with Crippen LogP contribution in [0.3, 0.4) is 0 Å². The summed E-state index contributed by atoms with van der Waals surface area (Å²) in [5, 5.41) is 0. The summed E-state index contributed by atoms with van der Waals surface area (Å²) in [6, 6.07) is 0. The van der Waals surface area contributed by atoms with Crippen molar-refractivity contribution in [1.82, 2.24) is 0 Å². The SMILES string of the molecule is [CH-]=C.[Cl][Ce]([Cl])[Cl]. The van der Waals surface area contributed by atoms with Crippen molar-refractivity contribution in [2.24, 2.45) is 0 Å².